The van der Waals surface area contributed by atoms with Crippen LogP contribution in [-0.4, -0.2) is 33.7 Å². The van der Waals surface area contributed by atoms with E-state index < -0.39 is 5.25 Å². The first-order valence-corrected chi connectivity index (χ1v) is 12.9. The highest BCUT2D eigenvalue weighted by molar-refractivity contribution is 8.00. The number of aromatic nitrogens is 2. The number of amides is 1. The number of esters is 1. The van der Waals surface area contributed by atoms with Gasteiger partial charge in [0.2, 0.25) is 5.91 Å². The third-order valence-corrected chi connectivity index (χ3v) is 7.66. The minimum Gasteiger partial charge on any atom is -0.462 e. The lowest BCUT2D eigenvalue weighted by Crippen LogP contribution is -2.23. The van der Waals surface area contributed by atoms with Gasteiger partial charge in [0, 0.05) is 10.4 Å². The topological polar surface area (TPSA) is 81.2 Å². The number of fused-ring (bicyclic) bond motifs is 1. The molecule has 1 amide bonds. The second-order valence-electron chi connectivity index (χ2n) is 7.89. The number of carbonyl (C=O) groups excluding carboxylic acids is 2. The maximum atomic E-state index is 13.1. The summed E-state index contributed by atoms with van der Waals surface area (Å²) in [5.41, 5.74) is 3.41. The molecule has 2 heterocycles. The number of benzene rings is 1. The number of ether oxygens (including phenoxy) is 1. The number of nitrogens with one attached hydrogen (secondary N) is 1. The number of thioether (sulfide) groups is 1. The van der Waals surface area contributed by atoms with Crippen LogP contribution in [0.5, 0.6) is 0 Å². The van der Waals surface area contributed by atoms with Gasteiger partial charge in [-0.1, -0.05) is 42.1 Å². The van der Waals surface area contributed by atoms with Crippen LogP contribution in [0.3, 0.4) is 0 Å². The molecule has 0 aliphatic heterocycles. The molecule has 0 spiro atoms. The van der Waals surface area contributed by atoms with Crippen molar-refractivity contribution in [1.82, 2.24) is 9.97 Å². The van der Waals surface area contributed by atoms with Gasteiger partial charge in [0.05, 0.1) is 23.1 Å². The Hall–Kier alpha value is -2.71. The molecule has 2 aromatic heterocycles. The van der Waals surface area contributed by atoms with Gasteiger partial charge in [-0.3, -0.25) is 4.79 Å². The largest absolute Gasteiger partial charge is 0.462 e. The minimum absolute atomic E-state index is 0.165. The highest BCUT2D eigenvalue weighted by Crippen LogP contribution is 2.39. The molecular weight excluding hydrogens is 454 g/mol. The smallest absolute Gasteiger partial charge is 0.341 e. The molecule has 0 saturated heterocycles. The van der Waals surface area contributed by atoms with E-state index in [1.54, 1.807) is 6.92 Å². The Bertz CT molecular complexity index is 1160. The fourth-order valence-corrected chi connectivity index (χ4v) is 6.05. The molecule has 0 saturated carbocycles. The van der Waals surface area contributed by atoms with Crippen LogP contribution in [0.2, 0.25) is 0 Å². The molecule has 3 aromatic rings. The highest BCUT2D eigenvalue weighted by Gasteiger charge is 2.28. The molecule has 0 radical (unpaired) electrons. The molecule has 4 rings (SSSR count). The number of aryl methyl sites for hydroxylation is 2. The predicted molar refractivity (Wildman–Crippen MR) is 133 cm³/mol. The average molecular weight is 482 g/mol. The Labute approximate surface area is 202 Å². The van der Waals surface area contributed by atoms with Crippen LogP contribution in [0.4, 0.5) is 5.00 Å². The van der Waals surface area contributed by atoms with Crippen molar-refractivity contribution in [1.29, 1.82) is 0 Å². The number of anilines is 1. The van der Waals surface area contributed by atoms with Gasteiger partial charge in [-0.15, -0.1) is 11.3 Å². The zero-order valence-electron chi connectivity index (χ0n) is 19.0. The second-order valence-corrected chi connectivity index (χ2v) is 10.4. The molecule has 172 valence electrons. The van der Waals surface area contributed by atoms with Crippen molar-refractivity contribution in [2.24, 2.45) is 0 Å². The van der Waals surface area contributed by atoms with E-state index in [1.807, 2.05) is 50.2 Å². The molecule has 0 bridgehead atoms. The van der Waals surface area contributed by atoms with Crippen LogP contribution in [-0.2, 0) is 22.4 Å². The van der Waals surface area contributed by atoms with Gasteiger partial charge in [-0.25, -0.2) is 14.8 Å². The standard InChI is InChI=1S/C25H27N3O3S2/c1-4-31-25(30)22-18-12-8-9-13-20(18)33-24(22)28-23(29)15(2)32-21-14-19(26-16(3)27-21)17-10-6-5-7-11-17/h5-7,10-11,14-15H,4,8-9,12-13H2,1-3H3,(H,28,29). The normalized spacial score (nSPS) is 13.8. The summed E-state index contributed by atoms with van der Waals surface area (Å²) in [6.07, 6.45) is 3.94. The molecule has 8 heteroatoms. The van der Waals surface area contributed by atoms with Gasteiger partial charge < -0.3 is 10.1 Å². The minimum atomic E-state index is -0.405. The third kappa shape index (κ3) is 5.45. The van der Waals surface area contributed by atoms with Gasteiger partial charge in [-0.2, -0.15) is 0 Å². The molecule has 1 atom stereocenters. The maximum absolute atomic E-state index is 13.1. The summed E-state index contributed by atoms with van der Waals surface area (Å²) in [4.78, 5) is 36.0. The number of hydrogen-bond acceptors (Lipinski definition) is 7. The molecule has 1 unspecified atom stereocenters. The van der Waals surface area contributed by atoms with Crippen LogP contribution in [0.25, 0.3) is 11.3 Å². The summed E-state index contributed by atoms with van der Waals surface area (Å²) < 4.78 is 5.29. The van der Waals surface area contributed by atoms with Crippen LogP contribution >= 0.6 is 23.1 Å². The summed E-state index contributed by atoms with van der Waals surface area (Å²) in [5, 5.41) is 3.93. The summed E-state index contributed by atoms with van der Waals surface area (Å²) in [6.45, 7) is 5.79. The second kappa shape index (κ2) is 10.5. The maximum Gasteiger partial charge on any atom is 0.341 e. The number of hydrogen-bond donors (Lipinski definition) is 1. The van der Waals surface area contributed by atoms with E-state index in [-0.39, 0.29) is 11.9 Å². The Morgan fingerprint density at radius 2 is 1.94 bits per heavy atom. The molecule has 6 nitrogen and oxygen atoms in total. The quantitative estimate of drug-likeness (QED) is 0.265. The van der Waals surface area contributed by atoms with Crippen molar-refractivity contribution in [2.45, 2.75) is 56.7 Å². The van der Waals surface area contributed by atoms with Gasteiger partial charge in [0.25, 0.3) is 0 Å². The fourth-order valence-electron chi connectivity index (χ4n) is 3.88. The molecule has 1 aromatic carbocycles. The summed E-state index contributed by atoms with van der Waals surface area (Å²) in [7, 11) is 0. The Kier molecular flexibility index (Phi) is 7.45. The van der Waals surface area contributed by atoms with Gasteiger partial charge >= 0.3 is 5.97 Å². The monoisotopic (exact) mass is 481 g/mol. The van der Waals surface area contributed by atoms with E-state index in [1.165, 1.54) is 28.0 Å². The lowest BCUT2D eigenvalue weighted by molar-refractivity contribution is -0.115. The lowest BCUT2D eigenvalue weighted by atomic mass is 9.95. The Morgan fingerprint density at radius 1 is 1.18 bits per heavy atom. The van der Waals surface area contributed by atoms with Crippen molar-refractivity contribution in [3.05, 3.63) is 58.2 Å². The van der Waals surface area contributed by atoms with Crippen molar-refractivity contribution in [3.63, 3.8) is 0 Å². The zero-order chi connectivity index (χ0) is 23.4. The van der Waals surface area contributed by atoms with E-state index >= 15 is 0 Å². The van der Waals surface area contributed by atoms with Crippen LogP contribution in [0.15, 0.2) is 41.4 Å². The predicted octanol–water partition coefficient (Wildman–Crippen LogP) is 5.69. The van der Waals surface area contributed by atoms with Crippen molar-refractivity contribution in [2.75, 3.05) is 11.9 Å². The van der Waals surface area contributed by atoms with Crippen molar-refractivity contribution >= 4 is 40.0 Å². The van der Waals surface area contributed by atoms with Gasteiger partial charge in [-0.05, 0) is 58.1 Å². The van der Waals surface area contributed by atoms with Gasteiger partial charge in [0.15, 0.2) is 0 Å². The van der Waals surface area contributed by atoms with Gasteiger partial charge in [0.1, 0.15) is 15.9 Å². The highest BCUT2D eigenvalue weighted by atomic mass is 32.2. The zero-order valence-corrected chi connectivity index (χ0v) is 20.6. The first-order chi connectivity index (χ1) is 16.0. The summed E-state index contributed by atoms with van der Waals surface area (Å²) in [6, 6.07) is 11.8. The van der Waals surface area contributed by atoms with E-state index in [0.717, 1.165) is 47.5 Å². The summed E-state index contributed by atoms with van der Waals surface area (Å²) in [5.74, 6) is 0.134. The Morgan fingerprint density at radius 3 is 2.70 bits per heavy atom. The van der Waals surface area contributed by atoms with Crippen molar-refractivity contribution in [3.8, 4) is 11.3 Å². The first kappa shape index (κ1) is 23.4. The van der Waals surface area contributed by atoms with Crippen LogP contribution < -0.4 is 5.32 Å². The molecule has 0 fully saturated rings. The average Bonchev–Trinajstić information content (AvgIpc) is 3.17. The third-order valence-electron chi connectivity index (χ3n) is 5.44. The van der Waals surface area contributed by atoms with Crippen LogP contribution in [0.1, 0.15) is 53.3 Å². The van der Waals surface area contributed by atoms with E-state index in [9.17, 15) is 9.59 Å². The number of thiophene rings is 1. The molecule has 1 N–H and O–H groups in total. The molecule has 1 aliphatic rings. The van der Waals surface area contributed by atoms with E-state index in [4.69, 9.17) is 4.74 Å². The van der Waals surface area contributed by atoms with E-state index in [0.29, 0.717) is 23.0 Å². The lowest BCUT2D eigenvalue weighted by Gasteiger charge is -2.14. The Balaban J connectivity index is 1.53. The number of rotatable bonds is 7. The summed E-state index contributed by atoms with van der Waals surface area (Å²) >= 11 is 2.88. The molecule has 33 heavy (non-hydrogen) atoms. The first-order valence-electron chi connectivity index (χ1n) is 11.2. The van der Waals surface area contributed by atoms with Crippen LogP contribution in [0, 0.1) is 6.92 Å². The number of carbonyl (C=O) groups is 2. The fraction of sp³-hybridized carbons (Fsp3) is 0.360. The number of nitrogens with zero attached hydrogens (tertiary/aromatic N) is 2. The van der Waals surface area contributed by atoms with Crippen molar-refractivity contribution < 1.29 is 14.3 Å². The molecule has 1 aliphatic carbocycles. The SMILES string of the molecule is CCOC(=O)c1c(NC(=O)C(C)Sc2cc(-c3ccccc3)nc(C)n2)sc2c1CCCC2. The van der Waals surface area contributed by atoms with E-state index in [2.05, 4.69) is 15.3 Å². The molecular formula is C25H27N3O3S2.